The number of Topliss-reactive ketones (excluding diaryl/α,β-unsaturated/α-hetero) is 1. The van der Waals surface area contributed by atoms with Crippen LogP contribution in [0, 0.1) is 0 Å². The highest BCUT2D eigenvalue weighted by atomic mass is 16.5. The fourth-order valence-corrected chi connectivity index (χ4v) is 3.86. The summed E-state index contributed by atoms with van der Waals surface area (Å²) in [5, 5.41) is 11.2. The minimum Gasteiger partial charge on any atom is -0.507 e. The van der Waals surface area contributed by atoms with Crippen molar-refractivity contribution in [2.75, 3.05) is 33.5 Å². The molecule has 0 aliphatic carbocycles. The predicted molar refractivity (Wildman–Crippen MR) is 125 cm³/mol. The first kappa shape index (κ1) is 24.3. The van der Waals surface area contributed by atoms with Crippen molar-refractivity contribution in [1.82, 2.24) is 4.90 Å². The topological polar surface area (TPSA) is 85.3 Å². The quantitative estimate of drug-likeness (QED) is 0.236. The van der Waals surface area contributed by atoms with Crippen LogP contribution in [0.3, 0.4) is 0 Å². The fourth-order valence-electron chi connectivity index (χ4n) is 3.86. The number of amides is 1. The second-order valence-electron chi connectivity index (χ2n) is 7.72. The van der Waals surface area contributed by atoms with E-state index in [-0.39, 0.29) is 11.3 Å². The van der Waals surface area contributed by atoms with Gasteiger partial charge >= 0.3 is 0 Å². The van der Waals surface area contributed by atoms with E-state index in [1.54, 1.807) is 37.4 Å². The van der Waals surface area contributed by atoms with Gasteiger partial charge in [-0.1, -0.05) is 19.1 Å². The van der Waals surface area contributed by atoms with Gasteiger partial charge in [-0.25, -0.2) is 0 Å². The van der Waals surface area contributed by atoms with Crippen LogP contribution in [0.15, 0.2) is 54.1 Å². The lowest BCUT2D eigenvalue weighted by molar-refractivity contribution is -0.140. The molecule has 7 nitrogen and oxygen atoms in total. The smallest absolute Gasteiger partial charge is 0.295 e. The summed E-state index contributed by atoms with van der Waals surface area (Å²) in [4.78, 5) is 27.5. The van der Waals surface area contributed by atoms with E-state index in [0.717, 1.165) is 6.42 Å². The molecule has 2 aromatic rings. The molecule has 176 valence electrons. The summed E-state index contributed by atoms with van der Waals surface area (Å²) in [5.41, 5.74) is 1.20. The summed E-state index contributed by atoms with van der Waals surface area (Å²) in [6, 6.07) is 13.4. The third-order valence-electron chi connectivity index (χ3n) is 5.37. The second kappa shape index (κ2) is 11.5. The zero-order chi connectivity index (χ0) is 23.8. The predicted octanol–water partition coefficient (Wildman–Crippen LogP) is 4.33. The van der Waals surface area contributed by atoms with Crippen LogP contribution in [0.4, 0.5) is 0 Å². The number of aliphatic hydroxyl groups excluding tert-OH is 1. The van der Waals surface area contributed by atoms with Gasteiger partial charge in [0, 0.05) is 25.8 Å². The van der Waals surface area contributed by atoms with Crippen LogP contribution >= 0.6 is 0 Å². The number of carbonyl (C=O) groups is 2. The average Bonchev–Trinajstić information content (AvgIpc) is 3.08. The Morgan fingerprint density at radius 3 is 2.42 bits per heavy atom. The molecule has 33 heavy (non-hydrogen) atoms. The molecule has 0 aromatic heterocycles. The van der Waals surface area contributed by atoms with E-state index < -0.39 is 17.7 Å². The van der Waals surface area contributed by atoms with Crippen LogP contribution < -0.4 is 9.47 Å². The van der Waals surface area contributed by atoms with Gasteiger partial charge in [-0.15, -0.1) is 0 Å². The van der Waals surface area contributed by atoms with Gasteiger partial charge in [0.05, 0.1) is 24.8 Å². The van der Waals surface area contributed by atoms with Gasteiger partial charge in [0.25, 0.3) is 11.7 Å². The number of rotatable bonds is 11. The Morgan fingerprint density at radius 1 is 1.00 bits per heavy atom. The highest BCUT2D eigenvalue weighted by Gasteiger charge is 2.45. The van der Waals surface area contributed by atoms with Crippen LogP contribution in [-0.4, -0.2) is 55.2 Å². The molecule has 7 heteroatoms. The van der Waals surface area contributed by atoms with Gasteiger partial charge in [0.1, 0.15) is 17.3 Å². The number of benzene rings is 2. The molecule has 3 rings (SSSR count). The molecule has 1 N–H and O–H groups in total. The van der Waals surface area contributed by atoms with Gasteiger partial charge in [0.2, 0.25) is 0 Å². The molecule has 1 fully saturated rings. The molecular formula is C26H31NO6. The van der Waals surface area contributed by atoms with Crippen molar-refractivity contribution < 1.29 is 28.9 Å². The standard InChI is InChI=1S/C26H31NO6/c1-4-15-33-20-12-10-18(11-13-20)24(28)22-23(19-8-6-9-21(17-19)32-5-2)27(14-7-16-31-3)26(30)25(22)29/h6,8-13,17,23,28H,4-5,7,14-16H2,1-3H3. The molecular weight excluding hydrogens is 422 g/mol. The Morgan fingerprint density at radius 2 is 1.76 bits per heavy atom. The molecule has 1 aliphatic rings. The normalized spacial score (nSPS) is 17.4. The summed E-state index contributed by atoms with van der Waals surface area (Å²) >= 11 is 0. The van der Waals surface area contributed by atoms with Crippen LogP contribution in [0.2, 0.25) is 0 Å². The molecule has 0 radical (unpaired) electrons. The Bertz CT molecular complexity index is 998. The number of ketones is 1. The zero-order valence-corrected chi connectivity index (χ0v) is 19.4. The molecule has 1 atom stereocenters. The van der Waals surface area contributed by atoms with Crippen molar-refractivity contribution in [1.29, 1.82) is 0 Å². The van der Waals surface area contributed by atoms with Crippen LogP contribution in [-0.2, 0) is 14.3 Å². The van der Waals surface area contributed by atoms with Gasteiger partial charge in [-0.3, -0.25) is 9.59 Å². The Kier molecular flexibility index (Phi) is 8.49. The van der Waals surface area contributed by atoms with Crippen molar-refractivity contribution in [2.45, 2.75) is 32.7 Å². The molecule has 1 saturated heterocycles. The number of likely N-dealkylation sites (tertiary alicyclic amines) is 1. The maximum atomic E-state index is 13.1. The third kappa shape index (κ3) is 5.54. The highest BCUT2D eigenvalue weighted by molar-refractivity contribution is 6.46. The lowest BCUT2D eigenvalue weighted by atomic mass is 9.95. The summed E-state index contributed by atoms with van der Waals surface area (Å²) in [7, 11) is 1.59. The molecule has 1 aliphatic heterocycles. The molecule has 1 unspecified atom stereocenters. The van der Waals surface area contributed by atoms with Gasteiger partial charge in [-0.2, -0.15) is 0 Å². The summed E-state index contributed by atoms with van der Waals surface area (Å²) < 4.78 is 16.3. The van der Waals surface area contributed by atoms with E-state index in [2.05, 4.69) is 0 Å². The zero-order valence-electron chi connectivity index (χ0n) is 19.4. The number of methoxy groups -OCH3 is 1. The van der Waals surface area contributed by atoms with Gasteiger partial charge < -0.3 is 24.2 Å². The third-order valence-corrected chi connectivity index (χ3v) is 5.37. The first-order valence-corrected chi connectivity index (χ1v) is 11.2. The minimum absolute atomic E-state index is 0.0632. The van der Waals surface area contributed by atoms with Gasteiger partial charge in [0.15, 0.2) is 0 Å². The van der Waals surface area contributed by atoms with Crippen LogP contribution in [0.1, 0.15) is 43.9 Å². The van der Waals surface area contributed by atoms with Gasteiger partial charge in [-0.05, 0) is 61.7 Å². The number of carbonyl (C=O) groups excluding carboxylic acids is 2. The van der Waals surface area contributed by atoms with Crippen LogP contribution in [0.25, 0.3) is 5.76 Å². The second-order valence-corrected chi connectivity index (χ2v) is 7.72. The Balaban J connectivity index is 2.05. The summed E-state index contributed by atoms with van der Waals surface area (Å²) in [5.74, 6) is -0.244. The van der Waals surface area contributed by atoms with E-state index in [1.807, 2.05) is 32.0 Å². The number of hydrogen-bond donors (Lipinski definition) is 1. The van der Waals surface area contributed by atoms with E-state index in [4.69, 9.17) is 14.2 Å². The molecule has 0 bridgehead atoms. The van der Waals surface area contributed by atoms with Crippen molar-refractivity contribution in [3.63, 3.8) is 0 Å². The first-order valence-electron chi connectivity index (χ1n) is 11.2. The van der Waals surface area contributed by atoms with E-state index >= 15 is 0 Å². The first-order chi connectivity index (χ1) is 16.0. The average molecular weight is 454 g/mol. The van der Waals surface area contributed by atoms with E-state index in [0.29, 0.717) is 55.4 Å². The maximum Gasteiger partial charge on any atom is 0.295 e. The lowest BCUT2D eigenvalue weighted by Gasteiger charge is -2.25. The SMILES string of the molecule is CCCOc1ccc(C(O)=C2C(=O)C(=O)N(CCCOC)C2c2cccc(OCC)c2)cc1. The summed E-state index contributed by atoms with van der Waals surface area (Å²) in [6.45, 7) is 5.76. The Hall–Kier alpha value is -3.32. The van der Waals surface area contributed by atoms with E-state index in [1.165, 1.54) is 4.90 Å². The van der Waals surface area contributed by atoms with Crippen molar-refractivity contribution >= 4 is 17.4 Å². The fraction of sp³-hybridized carbons (Fsp3) is 0.385. The van der Waals surface area contributed by atoms with Crippen LogP contribution in [0.5, 0.6) is 11.5 Å². The molecule has 0 spiro atoms. The number of aliphatic hydroxyl groups is 1. The summed E-state index contributed by atoms with van der Waals surface area (Å²) in [6.07, 6.45) is 1.45. The van der Waals surface area contributed by atoms with Crippen molar-refractivity contribution in [3.8, 4) is 11.5 Å². The number of hydrogen-bond acceptors (Lipinski definition) is 6. The molecule has 2 aromatic carbocycles. The largest absolute Gasteiger partial charge is 0.507 e. The minimum atomic E-state index is -0.724. The lowest BCUT2D eigenvalue weighted by Crippen LogP contribution is -2.31. The number of nitrogens with zero attached hydrogens (tertiary/aromatic N) is 1. The monoisotopic (exact) mass is 453 g/mol. The highest BCUT2D eigenvalue weighted by Crippen LogP contribution is 2.40. The van der Waals surface area contributed by atoms with Crippen molar-refractivity contribution in [2.24, 2.45) is 0 Å². The Labute approximate surface area is 194 Å². The molecule has 1 heterocycles. The van der Waals surface area contributed by atoms with Crippen molar-refractivity contribution in [3.05, 3.63) is 65.2 Å². The maximum absolute atomic E-state index is 13.1. The molecule has 1 amide bonds. The molecule has 0 saturated carbocycles. The number of ether oxygens (including phenoxy) is 3. The van der Waals surface area contributed by atoms with E-state index in [9.17, 15) is 14.7 Å².